The maximum Gasteiger partial charge on any atom is 0.233 e. The fourth-order valence-corrected chi connectivity index (χ4v) is 2.32. The second kappa shape index (κ2) is 4.83. The summed E-state index contributed by atoms with van der Waals surface area (Å²) in [6.45, 7) is 1.88. The van der Waals surface area contributed by atoms with Crippen molar-refractivity contribution in [3.05, 3.63) is 28.8 Å². The first-order valence-electron chi connectivity index (χ1n) is 4.41. The van der Waals surface area contributed by atoms with Gasteiger partial charge in [-0.2, -0.15) is 0 Å². The third-order valence-corrected chi connectivity index (χ3v) is 3.38. The predicted octanol–water partition coefficient (Wildman–Crippen LogP) is 1.35. The van der Waals surface area contributed by atoms with Gasteiger partial charge in [-0.25, -0.2) is 8.42 Å². The van der Waals surface area contributed by atoms with Gasteiger partial charge in [0.2, 0.25) is 10.0 Å². The molecule has 0 saturated heterocycles. The molecule has 0 radical (unpaired) electrons. The second-order valence-corrected chi connectivity index (χ2v) is 5.45. The number of sulfonamides is 1. The fraction of sp³-hybridized carbons (Fsp3) is 0.333. The molecule has 0 heterocycles. The van der Waals surface area contributed by atoms with Crippen molar-refractivity contribution in [1.29, 1.82) is 0 Å². The average Bonchev–Trinajstić information content (AvgIpc) is 2.09. The average molecular weight is 249 g/mol. The standard InChI is InChI=1S/C9H13ClN2O2S/c1-7-6-8(10)2-3-9(7)12-15(13,14)5-4-11/h2-3,6,12H,4-5,11H2,1H3. The Bertz CT molecular complexity index is 445. The van der Waals surface area contributed by atoms with E-state index < -0.39 is 10.0 Å². The lowest BCUT2D eigenvalue weighted by Crippen LogP contribution is -2.22. The highest BCUT2D eigenvalue weighted by Gasteiger charge is 2.10. The molecule has 0 aliphatic carbocycles. The van der Waals surface area contributed by atoms with Crippen LogP contribution in [0.5, 0.6) is 0 Å². The van der Waals surface area contributed by atoms with E-state index in [0.717, 1.165) is 5.56 Å². The molecular formula is C9H13ClN2O2S. The third-order valence-electron chi connectivity index (χ3n) is 1.84. The summed E-state index contributed by atoms with van der Waals surface area (Å²) in [4.78, 5) is 0. The molecular weight excluding hydrogens is 236 g/mol. The topological polar surface area (TPSA) is 72.2 Å². The van der Waals surface area contributed by atoms with Gasteiger partial charge in [0.1, 0.15) is 0 Å². The van der Waals surface area contributed by atoms with Crippen LogP contribution in [0.1, 0.15) is 5.56 Å². The summed E-state index contributed by atoms with van der Waals surface area (Å²) in [7, 11) is -3.34. The minimum Gasteiger partial charge on any atom is -0.329 e. The molecule has 0 aromatic heterocycles. The summed E-state index contributed by atoms with van der Waals surface area (Å²) < 4.78 is 25.3. The number of aryl methyl sites for hydroxylation is 1. The van der Waals surface area contributed by atoms with E-state index in [1.807, 2.05) is 0 Å². The summed E-state index contributed by atoms with van der Waals surface area (Å²) >= 11 is 5.75. The van der Waals surface area contributed by atoms with Crippen molar-refractivity contribution in [2.24, 2.45) is 5.73 Å². The van der Waals surface area contributed by atoms with E-state index in [2.05, 4.69) is 4.72 Å². The van der Waals surface area contributed by atoms with Crippen molar-refractivity contribution in [2.75, 3.05) is 17.0 Å². The molecule has 0 fully saturated rings. The second-order valence-electron chi connectivity index (χ2n) is 3.17. The van der Waals surface area contributed by atoms with Crippen LogP contribution in [0.3, 0.4) is 0 Å². The first-order chi connectivity index (χ1) is 6.94. The summed E-state index contributed by atoms with van der Waals surface area (Å²) in [6.07, 6.45) is 0. The molecule has 84 valence electrons. The zero-order valence-corrected chi connectivity index (χ0v) is 9.90. The fourth-order valence-electron chi connectivity index (χ4n) is 1.12. The van der Waals surface area contributed by atoms with E-state index in [-0.39, 0.29) is 12.3 Å². The number of halogens is 1. The van der Waals surface area contributed by atoms with Crippen LogP contribution in [-0.2, 0) is 10.0 Å². The van der Waals surface area contributed by atoms with Crippen LogP contribution in [0.25, 0.3) is 0 Å². The Morgan fingerprint density at radius 2 is 2.13 bits per heavy atom. The summed E-state index contributed by atoms with van der Waals surface area (Å²) in [5.74, 6) is -0.0882. The normalized spacial score (nSPS) is 11.4. The van der Waals surface area contributed by atoms with E-state index in [9.17, 15) is 8.42 Å². The zero-order chi connectivity index (χ0) is 11.5. The summed E-state index contributed by atoms with van der Waals surface area (Å²) in [5.41, 5.74) is 6.51. The van der Waals surface area contributed by atoms with Crippen LogP contribution in [0.15, 0.2) is 18.2 Å². The number of nitrogens with two attached hydrogens (primary N) is 1. The van der Waals surface area contributed by atoms with Gasteiger partial charge in [-0.15, -0.1) is 0 Å². The van der Waals surface area contributed by atoms with Gasteiger partial charge in [0, 0.05) is 11.6 Å². The summed E-state index contributed by atoms with van der Waals surface area (Å²) in [6, 6.07) is 4.96. The van der Waals surface area contributed by atoms with Crippen molar-refractivity contribution in [2.45, 2.75) is 6.92 Å². The predicted molar refractivity (Wildman–Crippen MR) is 62.7 cm³/mol. The molecule has 0 unspecified atom stereocenters. The number of hydrogen-bond acceptors (Lipinski definition) is 3. The monoisotopic (exact) mass is 248 g/mol. The Morgan fingerprint density at radius 1 is 1.47 bits per heavy atom. The molecule has 0 atom stereocenters. The molecule has 1 aromatic rings. The Labute approximate surface area is 94.5 Å². The number of anilines is 1. The van der Waals surface area contributed by atoms with E-state index in [4.69, 9.17) is 17.3 Å². The van der Waals surface area contributed by atoms with Crippen LogP contribution < -0.4 is 10.5 Å². The lowest BCUT2D eigenvalue weighted by molar-refractivity contribution is 0.601. The van der Waals surface area contributed by atoms with E-state index in [1.54, 1.807) is 25.1 Å². The molecule has 0 bridgehead atoms. The maximum absolute atomic E-state index is 11.4. The first kappa shape index (κ1) is 12.3. The van der Waals surface area contributed by atoms with Crippen molar-refractivity contribution in [1.82, 2.24) is 0 Å². The molecule has 15 heavy (non-hydrogen) atoms. The highest BCUT2D eigenvalue weighted by Crippen LogP contribution is 2.20. The van der Waals surface area contributed by atoms with Gasteiger partial charge >= 0.3 is 0 Å². The smallest absolute Gasteiger partial charge is 0.233 e. The van der Waals surface area contributed by atoms with Crippen LogP contribution in [0.2, 0.25) is 5.02 Å². The van der Waals surface area contributed by atoms with Crippen molar-refractivity contribution < 1.29 is 8.42 Å². The van der Waals surface area contributed by atoms with E-state index >= 15 is 0 Å². The van der Waals surface area contributed by atoms with Gasteiger partial charge in [-0.3, -0.25) is 4.72 Å². The Kier molecular flexibility index (Phi) is 3.96. The van der Waals surface area contributed by atoms with E-state index in [1.165, 1.54) is 0 Å². The molecule has 6 heteroatoms. The Morgan fingerprint density at radius 3 is 2.67 bits per heavy atom. The van der Waals surface area contributed by atoms with Crippen molar-refractivity contribution in [3.8, 4) is 0 Å². The van der Waals surface area contributed by atoms with Gasteiger partial charge in [0.25, 0.3) is 0 Å². The van der Waals surface area contributed by atoms with Crippen molar-refractivity contribution in [3.63, 3.8) is 0 Å². The molecule has 3 N–H and O–H groups in total. The van der Waals surface area contributed by atoms with E-state index in [0.29, 0.717) is 10.7 Å². The largest absolute Gasteiger partial charge is 0.329 e. The van der Waals surface area contributed by atoms with Gasteiger partial charge in [-0.1, -0.05) is 11.6 Å². The van der Waals surface area contributed by atoms with Gasteiger partial charge < -0.3 is 5.73 Å². The minimum absolute atomic E-state index is 0.0882. The number of nitrogens with one attached hydrogen (secondary N) is 1. The molecule has 0 aliphatic rings. The lowest BCUT2D eigenvalue weighted by Gasteiger charge is -2.09. The van der Waals surface area contributed by atoms with Gasteiger partial charge in [0.05, 0.1) is 11.4 Å². The molecule has 1 aromatic carbocycles. The number of hydrogen-bond donors (Lipinski definition) is 2. The molecule has 0 amide bonds. The quantitative estimate of drug-likeness (QED) is 0.845. The SMILES string of the molecule is Cc1cc(Cl)ccc1NS(=O)(=O)CCN. The molecule has 0 saturated carbocycles. The van der Waals surface area contributed by atoms with Gasteiger partial charge in [0.15, 0.2) is 0 Å². The van der Waals surface area contributed by atoms with Crippen LogP contribution in [0, 0.1) is 6.92 Å². The minimum atomic E-state index is -3.34. The molecule has 4 nitrogen and oxygen atoms in total. The number of benzene rings is 1. The lowest BCUT2D eigenvalue weighted by atomic mass is 10.2. The zero-order valence-electron chi connectivity index (χ0n) is 8.33. The molecule has 1 rings (SSSR count). The molecule has 0 aliphatic heterocycles. The van der Waals surface area contributed by atoms with Crippen LogP contribution in [0.4, 0.5) is 5.69 Å². The van der Waals surface area contributed by atoms with Crippen LogP contribution >= 0.6 is 11.6 Å². The van der Waals surface area contributed by atoms with Crippen LogP contribution in [-0.4, -0.2) is 20.7 Å². The molecule has 0 spiro atoms. The Balaban J connectivity index is 2.90. The number of rotatable bonds is 4. The highest BCUT2D eigenvalue weighted by molar-refractivity contribution is 7.92. The third kappa shape index (κ3) is 3.70. The van der Waals surface area contributed by atoms with Crippen molar-refractivity contribution >= 4 is 27.3 Å². The highest BCUT2D eigenvalue weighted by atomic mass is 35.5. The van der Waals surface area contributed by atoms with Gasteiger partial charge in [-0.05, 0) is 30.7 Å². The Hall–Kier alpha value is -0.780. The first-order valence-corrected chi connectivity index (χ1v) is 6.44. The summed E-state index contributed by atoms with van der Waals surface area (Å²) in [5, 5.41) is 0.578. The maximum atomic E-state index is 11.4.